The van der Waals surface area contributed by atoms with Gasteiger partial charge in [0.1, 0.15) is 5.75 Å². The summed E-state index contributed by atoms with van der Waals surface area (Å²) >= 11 is 9.29. The van der Waals surface area contributed by atoms with Crippen LogP contribution in [0.15, 0.2) is 47.2 Å². The van der Waals surface area contributed by atoms with E-state index in [2.05, 4.69) is 26.2 Å². The number of nitrogens with zero attached hydrogens (tertiary/aromatic N) is 1. The lowest BCUT2D eigenvalue weighted by Crippen LogP contribution is -2.28. The molecule has 0 saturated heterocycles. The number of aromatic nitrogens is 1. The molecule has 2 rings (SSSR count). The highest BCUT2D eigenvalue weighted by atomic mass is 79.9. The van der Waals surface area contributed by atoms with Crippen molar-refractivity contribution in [1.29, 1.82) is 0 Å². The van der Waals surface area contributed by atoms with Crippen LogP contribution in [0.25, 0.3) is 0 Å². The zero-order valence-corrected chi connectivity index (χ0v) is 12.8. The Morgan fingerprint density at radius 2 is 2.25 bits per heavy atom. The summed E-state index contributed by atoms with van der Waals surface area (Å²) in [6.45, 7) is 0.339. The first-order chi connectivity index (χ1) is 9.65. The van der Waals surface area contributed by atoms with Crippen LogP contribution in [0.1, 0.15) is 5.56 Å². The number of pyridine rings is 1. The quantitative estimate of drug-likeness (QED) is 0.896. The monoisotopic (exact) mass is 354 g/mol. The van der Waals surface area contributed by atoms with Crippen LogP contribution >= 0.6 is 27.5 Å². The van der Waals surface area contributed by atoms with Gasteiger partial charge in [0.15, 0.2) is 6.61 Å². The number of rotatable bonds is 5. The van der Waals surface area contributed by atoms with E-state index < -0.39 is 0 Å². The second-order valence-electron chi connectivity index (χ2n) is 4.00. The average Bonchev–Trinajstić information content (AvgIpc) is 2.45. The van der Waals surface area contributed by atoms with E-state index in [1.807, 2.05) is 12.1 Å². The van der Waals surface area contributed by atoms with Crippen LogP contribution in [-0.4, -0.2) is 17.5 Å². The van der Waals surface area contributed by atoms with E-state index in [1.165, 1.54) is 0 Å². The largest absolute Gasteiger partial charge is 0.482 e. The van der Waals surface area contributed by atoms with Crippen LogP contribution in [0.4, 0.5) is 0 Å². The Bertz CT molecular complexity index is 593. The molecule has 2 aromatic rings. The highest BCUT2D eigenvalue weighted by Crippen LogP contribution is 2.27. The fraction of sp³-hybridized carbons (Fsp3) is 0.143. The summed E-state index contributed by atoms with van der Waals surface area (Å²) in [5, 5.41) is 3.20. The number of benzene rings is 1. The maximum Gasteiger partial charge on any atom is 0.258 e. The predicted octanol–water partition coefficient (Wildman–Crippen LogP) is 3.19. The SMILES string of the molecule is O=C(COc1ccc(Br)cc1Cl)NCc1cccnc1. The summed E-state index contributed by atoms with van der Waals surface area (Å²) in [7, 11) is 0. The molecule has 1 aromatic carbocycles. The second kappa shape index (κ2) is 7.26. The molecule has 0 fully saturated rings. The first-order valence-corrected chi connectivity index (χ1v) is 7.05. The molecule has 1 N–H and O–H groups in total. The second-order valence-corrected chi connectivity index (χ2v) is 5.32. The van der Waals surface area contributed by atoms with Crippen molar-refractivity contribution in [2.24, 2.45) is 0 Å². The molecule has 0 bridgehead atoms. The minimum Gasteiger partial charge on any atom is -0.482 e. The highest BCUT2D eigenvalue weighted by Gasteiger charge is 2.06. The molecule has 0 spiro atoms. The van der Waals surface area contributed by atoms with Crippen molar-refractivity contribution in [2.45, 2.75) is 6.54 Å². The Labute approximate surface area is 130 Å². The fourth-order valence-corrected chi connectivity index (χ4v) is 2.22. The Morgan fingerprint density at radius 3 is 2.95 bits per heavy atom. The third kappa shape index (κ3) is 4.51. The summed E-state index contributed by atoms with van der Waals surface area (Å²) < 4.78 is 6.22. The first kappa shape index (κ1) is 14.8. The van der Waals surface area contributed by atoms with Crippen LogP contribution < -0.4 is 10.1 Å². The molecular formula is C14H12BrClN2O2. The Balaban J connectivity index is 1.80. The number of nitrogens with one attached hydrogen (secondary N) is 1. The van der Waals surface area contributed by atoms with Gasteiger partial charge in [-0.05, 0) is 29.8 Å². The molecule has 0 unspecified atom stereocenters. The van der Waals surface area contributed by atoms with Crippen LogP contribution in [0, 0.1) is 0 Å². The molecule has 0 saturated carbocycles. The molecule has 0 aliphatic rings. The van der Waals surface area contributed by atoms with Gasteiger partial charge in [0.2, 0.25) is 0 Å². The topological polar surface area (TPSA) is 51.2 Å². The summed E-state index contributed by atoms with van der Waals surface area (Å²) in [6.07, 6.45) is 3.39. The van der Waals surface area contributed by atoms with Gasteiger partial charge in [-0.3, -0.25) is 9.78 Å². The van der Waals surface area contributed by atoms with Gasteiger partial charge in [-0.1, -0.05) is 33.6 Å². The molecule has 4 nitrogen and oxygen atoms in total. The van der Waals surface area contributed by atoms with Gasteiger partial charge >= 0.3 is 0 Å². The molecule has 1 aromatic heterocycles. The van der Waals surface area contributed by atoms with Crippen molar-refractivity contribution in [3.63, 3.8) is 0 Å². The number of halogens is 2. The average molecular weight is 356 g/mol. The van der Waals surface area contributed by atoms with Gasteiger partial charge in [-0.15, -0.1) is 0 Å². The standard InChI is InChI=1S/C14H12BrClN2O2/c15-11-3-4-13(12(16)6-11)20-9-14(19)18-8-10-2-1-5-17-7-10/h1-7H,8-9H2,(H,18,19). The van der Waals surface area contributed by atoms with E-state index in [0.717, 1.165) is 10.0 Å². The normalized spacial score (nSPS) is 10.1. The number of ether oxygens (including phenoxy) is 1. The van der Waals surface area contributed by atoms with Gasteiger partial charge in [0.25, 0.3) is 5.91 Å². The van der Waals surface area contributed by atoms with Gasteiger partial charge in [0.05, 0.1) is 5.02 Å². The lowest BCUT2D eigenvalue weighted by atomic mass is 10.3. The molecule has 20 heavy (non-hydrogen) atoms. The summed E-state index contributed by atoms with van der Waals surface area (Å²) in [4.78, 5) is 15.6. The number of carbonyl (C=O) groups excluding carboxylic acids is 1. The molecular weight excluding hydrogens is 344 g/mol. The molecule has 104 valence electrons. The van der Waals surface area contributed by atoms with Crippen LogP contribution in [0.3, 0.4) is 0 Å². The van der Waals surface area contributed by atoms with E-state index in [-0.39, 0.29) is 12.5 Å². The van der Waals surface area contributed by atoms with Crippen molar-refractivity contribution in [3.8, 4) is 5.75 Å². The molecule has 0 aliphatic carbocycles. The van der Waals surface area contributed by atoms with Crippen molar-refractivity contribution in [1.82, 2.24) is 10.3 Å². The van der Waals surface area contributed by atoms with Gasteiger partial charge < -0.3 is 10.1 Å². The third-order valence-electron chi connectivity index (χ3n) is 2.47. The molecule has 0 atom stereocenters. The van der Waals surface area contributed by atoms with Crippen molar-refractivity contribution < 1.29 is 9.53 Å². The van der Waals surface area contributed by atoms with E-state index in [4.69, 9.17) is 16.3 Å². The van der Waals surface area contributed by atoms with Crippen LogP contribution in [-0.2, 0) is 11.3 Å². The number of hydrogen-bond donors (Lipinski definition) is 1. The fourth-order valence-electron chi connectivity index (χ4n) is 1.49. The van der Waals surface area contributed by atoms with Crippen molar-refractivity contribution in [2.75, 3.05) is 6.61 Å². The minimum atomic E-state index is -0.215. The molecule has 6 heteroatoms. The molecule has 0 radical (unpaired) electrons. The predicted molar refractivity (Wildman–Crippen MR) is 80.7 cm³/mol. The highest BCUT2D eigenvalue weighted by molar-refractivity contribution is 9.10. The van der Waals surface area contributed by atoms with E-state index >= 15 is 0 Å². The maximum absolute atomic E-state index is 11.7. The minimum absolute atomic E-state index is 0.0817. The summed E-state index contributed by atoms with van der Waals surface area (Å²) in [6, 6.07) is 8.93. The number of carbonyl (C=O) groups is 1. The third-order valence-corrected chi connectivity index (χ3v) is 3.25. The van der Waals surface area contributed by atoms with Crippen LogP contribution in [0.2, 0.25) is 5.02 Å². The zero-order valence-electron chi connectivity index (χ0n) is 10.5. The summed E-state index contributed by atoms with van der Waals surface area (Å²) in [5.41, 5.74) is 0.933. The smallest absolute Gasteiger partial charge is 0.258 e. The van der Waals surface area contributed by atoms with Gasteiger partial charge in [-0.25, -0.2) is 0 Å². The number of hydrogen-bond acceptors (Lipinski definition) is 3. The van der Waals surface area contributed by atoms with Gasteiger partial charge in [0, 0.05) is 23.4 Å². The first-order valence-electron chi connectivity index (χ1n) is 5.88. The van der Waals surface area contributed by atoms with E-state index in [0.29, 0.717) is 17.3 Å². The summed E-state index contributed by atoms with van der Waals surface area (Å²) in [5.74, 6) is 0.263. The van der Waals surface area contributed by atoms with E-state index in [1.54, 1.807) is 30.6 Å². The molecule has 0 aliphatic heterocycles. The maximum atomic E-state index is 11.7. The Morgan fingerprint density at radius 1 is 1.40 bits per heavy atom. The van der Waals surface area contributed by atoms with E-state index in [9.17, 15) is 4.79 Å². The van der Waals surface area contributed by atoms with Crippen LogP contribution in [0.5, 0.6) is 5.75 Å². The molecule has 1 heterocycles. The Kier molecular flexibility index (Phi) is 5.38. The molecule has 1 amide bonds. The lowest BCUT2D eigenvalue weighted by molar-refractivity contribution is -0.123. The lowest BCUT2D eigenvalue weighted by Gasteiger charge is -2.09. The zero-order chi connectivity index (χ0) is 14.4. The van der Waals surface area contributed by atoms with Crippen molar-refractivity contribution >= 4 is 33.4 Å². The van der Waals surface area contributed by atoms with Crippen molar-refractivity contribution in [3.05, 3.63) is 57.8 Å². The number of amides is 1. The van der Waals surface area contributed by atoms with Gasteiger partial charge in [-0.2, -0.15) is 0 Å². The Hall–Kier alpha value is -1.59.